The predicted molar refractivity (Wildman–Crippen MR) is 118 cm³/mol. The number of nitro groups is 1. The molecule has 11 heteroatoms. The molecule has 31 heavy (non-hydrogen) atoms. The van der Waals surface area contributed by atoms with E-state index in [1.807, 2.05) is 4.90 Å². The highest BCUT2D eigenvalue weighted by Gasteiger charge is 2.28. The Labute approximate surface area is 185 Å². The number of benzene rings is 2. The van der Waals surface area contributed by atoms with Gasteiger partial charge in [-0.05, 0) is 42.8 Å². The lowest BCUT2D eigenvalue weighted by Gasteiger charge is -2.33. The van der Waals surface area contributed by atoms with Crippen LogP contribution >= 0.6 is 11.6 Å². The zero-order chi connectivity index (χ0) is 22.6. The van der Waals surface area contributed by atoms with Crippen LogP contribution in [-0.2, 0) is 14.8 Å². The number of sulfonamides is 1. The number of hydrogen-bond donors (Lipinski definition) is 1. The molecule has 0 unspecified atom stereocenters. The number of rotatable bonds is 7. The molecule has 0 radical (unpaired) electrons. The molecule has 166 valence electrons. The molecule has 1 amide bonds. The van der Waals surface area contributed by atoms with Crippen LogP contribution in [0.1, 0.15) is 12.0 Å². The van der Waals surface area contributed by atoms with E-state index in [2.05, 4.69) is 5.32 Å². The lowest BCUT2D eigenvalue weighted by molar-refractivity contribution is -0.384. The zero-order valence-corrected chi connectivity index (χ0v) is 18.5. The number of carbonyl (C=O) groups is 1. The van der Waals surface area contributed by atoms with E-state index in [4.69, 9.17) is 11.6 Å². The van der Waals surface area contributed by atoms with Crippen molar-refractivity contribution in [3.63, 3.8) is 0 Å². The number of piperazine rings is 1. The van der Waals surface area contributed by atoms with E-state index >= 15 is 0 Å². The predicted octanol–water partition coefficient (Wildman–Crippen LogP) is 2.89. The van der Waals surface area contributed by atoms with Crippen LogP contribution in [0.4, 0.5) is 11.4 Å². The summed E-state index contributed by atoms with van der Waals surface area (Å²) in [5.41, 5.74) is 1.12. The van der Waals surface area contributed by atoms with Gasteiger partial charge in [-0.1, -0.05) is 11.6 Å². The summed E-state index contributed by atoms with van der Waals surface area (Å²) in [4.78, 5) is 24.9. The van der Waals surface area contributed by atoms with Gasteiger partial charge in [0.05, 0.1) is 9.82 Å². The van der Waals surface area contributed by atoms with E-state index in [1.165, 1.54) is 34.6 Å². The maximum atomic E-state index is 12.7. The van der Waals surface area contributed by atoms with Crippen LogP contribution in [0.3, 0.4) is 0 Å². The molecule has 2 aromatic rings. The Balaban J connectivity index is 1.48. The lowest BCUT2D eigenvalue weighted by atomic mass is 10.1. The van der Waals surface area contributed by atoms with Gasteiger partial charge < -0.3 is 10.2 Å². The first-order valence-electron chi connectivity index (χ1n) is 9.70. The first-order chi connectivity index (χ1) is 14.7. The van der Waals surface area contributed by atoms with Gasteiger partial charge in [0, 0.05) is 62.0 Å². The molecular weight excluding hydrogens is 444 g/mol. The highest BCUT2D eigenvalue weighted by molar-refractivity contribution is 7.89. The number of aryl methyl sites for hydroxylation is 1. The summed E-state index contributed by atoms with van der Waals surface area (Å²) in [5, 5.41) is 14.1. The van der Waals surface area contributed by atoms with E-state index in [9.17, 15) is 23.3 Å². The number of non-ortho nitro benzene ring substituents is 1. The molecule has 0 bridgehead atoms. The second-order valence-corrected chi connectivity index (χ2v) is 9.63. The standard InChI is InChI=1S/C20H23ClN4O5S/c1-15-14-17(25(27)28)4-7-19(15)22-20(26)8-9-23-10-12-24(13-11-23)31(29,30)18-5-2-16(21)3-6-18/h2-7,14H,8-13H2,1H3,(H,22,26). The summed E-state index contributed by atoms with van der Waals surface area (Å²) in [5.74, 6) is -0.201. The second-order valence-electron chi connectivity index (χ2n) is 7.25. The molecule has 3 rings (SSSR count). The Kier molecular flexibility index (Phi) is 7.26. The molecule has 1 heterocycles. The summed E-state index contributed by atoms with van der Waals surface area (Å²) in [6.07, 6.45) is 0.236. The number of anilines is 1. The van der Waals surface area contributed by atoms with E-state index in [-0.39, 0.29) is 22.9 Å². The quantitative estimate of drug-likeness (QED) is 0.496. The molecule has 1 N–H and O–H groups in total. The Hall–Kier alpha value is -2.53. The van der Waals surface area contributed by atoms with Gasteiger partial charge in [-0.25, -0.2) is 8.42 Å². The van der Waals surface area contributed by atoms with Crippen LogP contribution in [0.25, 0.3) is 0 Å². The first-order valence-corrected chi connectivity index (χ1v) is 11.5. The summed E-state index contributed by atoms with van der Waals surface area (Å²) in [6, 6.07) is 10.4. The Morgan fingerprint density at radius 3 is 2.35 bits per heavy atom. The number of halogens is 1. The van der Waals surface area contributed by atoms with Gasteiger partial charge in [0.2, 0.25) is 15.9 Å². The van der Waals surface area contributed by atoms with Crippen LogP contribution in [0.5, 0.6) is 0 Å². The Bertz CT molecular complexity index is 1070. The van der Waals surface area contributed by atoms with Gasteiger partial charge in [0.25, 0.3) is 5.69 Å². The number of carbonyl (C=O) groups excluding carboxylic acids is 1. The number of nitrogens with zero attached hydrogens (tertiary/aromatic N) is 3. The molecule has 0 aliphatic carbocycles. The van der Waals surface area contributed by atoms with Crippen molar-refractivity contribution in [3.05, 3.63) is 63.2 Å². The Morgan fingerprint density at radius 1 is 1.13 bits per heavy atom. The van der Waals surface area contributed by atoms with Gasteiger partial charge in [0.1, 0.15) is 0 Å². The van der Waals surface area contributed by atoms with Gasteiger partial charge in [-0.2, -0.15) is 4.31 Å². The fraction of sp³-hybridized carbons (Fsp3) is 0.350. The normalized spacial score (nSPS) is 15.5. The van der Waals surface area contributed by atoms with Crippen LogP contribution in [-0.4, -0.2) is 61.2 Å². The van der Waals surface area contributed by atoms with Crippen molar-refractivity contribution < 1.29 is 18.1 Å². The molecule has 0 spiro atoms. The van der Waals surface area contributed by atoms with Crippen molar-refractivity contribution in [2.24, 2.45) is 0 Å². The van der Waals surface area contributed by atoms with E-state index in [1.54, 1.807) is 19.1 Å². The minimum atomic E-state index is -3.57. The smallest absolute Gasteiger partial charge is 0.269 e. The van der Waals surface area contributed by atoms with Crippen molar-refractivity contribution >= 4 is 38.9 Å². The van der Waals surface area contributed by atoms with E-state index in [0.29, 0.717) is 49.0 Å². The van der Waals surface area contributed by atoms with Crippen molar-refractivity contribution in [2.75, 3.05) is 38.0 Å². The lowest BCUT2D eigenvalue weighted by Crippen LogP contribution is -2.49. The van der Waals surface area contributed by atoms with Crippen LogP contribution in [0, 0.1) is 17.0 Å². The largest absolute Gasteiger partial charge is 0.326 e. The molecule has 9 nitrogen and oxygen atoms in total. The van der Waals surface area contributed by atoms with Crippen molar-refractivity contribution in [3.8, 4) is 0 Å². The maximum Gasteiger partial charge on any atom is 0.269 e. The minimum absolute atomic E-state index is 0.0260. The molecule has 1 aliphatic rings. The first kappa shape index (κ1) is 23.1. The van der Waals surface area contributed by atoms with Gasteiger partial charge >= 0.3 is 0 Å². The van der Waals surface area contributed by atoms with Crippen molar-refractivity contribution in [1.29, 1.82) is 0 Å². The van der Waals surface area contributed by atoms with E-state index < -0.39 is 14.9 Å². The van der Waals surface area contributed by atoms with Crippen LogP contribution in [0.2, 0.25) is 5.02 Å². The number of nitrogens with one attached hydrogen (secondary N) is 1. The zero-order valence-electron chi connectivity index (χ0n) is 17.0. The average Bonchev–Trinajstić information content (AvgIpc) is 2.74. The fourth-order valence-corrected chi connectivity index (χ4v) is 4.87. The molecule has 1 fully saturated rings. The number of hydrogen-bond acceptors (Lipinski definition) is 6. The third-order valence-corrected chi connectivity index (χ3v) is 7.30. The SMILES string of the molecule is Cc1cc([N+](=O)[O-])ccc1NC(=O)CCN1CCN(S(=O)(=O)c2ccc(Cl)cc2)CC1. The minimum Gasteiger partial charge on any atom is -0.326 e. The van der Waals surface area contributed by atoms with Crippen molar-refractivity contribution in [2.45, 2.75) is 18.2 Å². The molecular formula is C20H23ClN4O5S. The molecule has 0 aromatic heterocycles. The van der Waals surface area contributed by atoms with Gasteiger partial charge in [-0.15, -0.1) is 0 Å². The third-order valence-electron chi connectivity index (χ3n) is 5.13. The third kappa shape index (κ3) is 5.79. The molecule has 1 saturated heterocycles. The van der Waals surface area contributed by atoms with Crippen molar-refractivity contribution in [1.82, 2.24) is 9.21 Å². The second kappa shape index (κ2) is 9.73. The monoisotopic (exact) mass is 466 g/mol. The average molecular weight is 467 g/mol. The number of amides is 1. The van der Waals surface area contributed by atoms with Gasteiger partial charge in [-0.3, -0.25) is 14.9 Å². The highest BCUT2D eigenvalue weighted by atomic mass is 35.5. The van der Waals surface area contributed by atoms with E-state index in [0.717, 1.165) is 0 Å². The maximum absolute atomic E-state index is 12.7. The molecule has 2 aromatic carbocycles. The molecule has 0 saturated carbocycles. The van der Waals surface area contributed by atoms with Gasteiger partial charge in [0.15, 0.2) is 0 Å². The topological polar surface area (TPSA) is 113 Å². The summed E-state index contributed by atoms with van der Waals surface area (Å²) >= 11 is 5.83. The summed E-state index contributed by atoms with van der Waals surface area (Å²) < 4.78 is 26.9. The summed E-state index contributed by atoms with van der Waals surface area (Å²) in [6.45, 7) is 3.92. The number of nitro benzene ring substituents is 1. The molecule has 1 aliphatic heterocycles. The van der Waals surface area contributed by atoms with Crippen LogP contribution in [0.15, 0.2) is 47.4 Å². The molecule has 0 atom stereocenters. The highest BCUT2D eigenvalue weighted by Crippen LogP contribution is 2.22. The summed E-state index contributed by atoms with van der Waals surface area (Å²) in [7, 11) is -3.57. The Morgan fingerprint density at radius 2 is 1.77 bits per heavy atom. The van der Waals surface area contributed by atoms with Crippen LogP contribution < -0.4 is 5.32 Å². The fourth-order valence-electron chi connectivity index (χ4n) is 3.32.